The molecule has 4 heteroatoms. The van der Waals surface area contributed by atoms with Gasteiger partial charge in [0.15, 0.2) is 5.78 Å². The summed E-state index contributed by atoms with van der Waals surface area (Å²) in [4.78, 5) is 38.3. The minimum absolute atomic E-state index is 0.0673. The van der Waals surface area contributed by atoms with Crippen molar-refractivity contribution in [1.82, 2.24) is 0 Å². The molecule has 2 aliphatic rings. The largest absolute Gasteiger partial charge is 0.299 e. The van der Waals surface area contributed by atoms with E-state index < -0.39 is 11.7 Å². The third kappa shape index (κ3) is 1.65. The lowest BCUT2D eigenvalue weighted by Crippen LogP contribution is -2.50. The standard InChI is InChI=1S/C17H19NO3/c1-8-7-17(4,5)18-14-11(8)6-12(10(3)19)9(2)13(14)15(20)16(18)21/h6,8H,7H2,1-5H3/t8-/m1/s1. The highest BCUT2D eigenvalue weighted by atomic mass is 16.2. The van der Waals surface area contributed by atoms with E-state index in [1.165, 1.54) is 6.92 Å². The number of rotatable bonds is 1. The number of benzene rings is 1. The highest BCUT2D eigenvalue weighted by Crippen LogP contribution is 2.50. The third-order valence-electron chi connectivity index (χ3n) is 4.76. The minimum atomic E-state index is -0.478. The number of ketones is 2. The van der Waals surface area contributed by atoms with E-state index in [2.05, 4.69) is 6.92 Å². The first-order valence-corrected chi connectivity index (χ1v) is 7.24. The van der Waals surface area contributed by atoms with Crippen molar-refractivity contribution in [2.75, 3.05) is 4.90 Å². The van der Waals surface area contributed by atoms with Gasteiger partial charge in [-0.3, -0.25) is 19.3 Å². The molecule has 0 unspecified atom stereocenters. The molecular formula is C17H19NO3. The van der Waals surface area contributed by atoms with Crippen LogP contribution in [0.5, 0.6) is 0 Å². The topological polar surface area (TPSA) is 54.5 Å². The number of Topliss-reactive ketones (excluding diaryl/α,β-unsaturated/α-hetero) is 2. The Morgan fingerprint density at radius 2 is 1.95 bits per heavy atom. The number of hydrogen-bond acceptors (Lipinski definition) is 3. The van der Waals surface area contributed by atoms with Crippen LogP contribution in [0.1, 0.15) is 71.9 Å². The molecule has 110 valence electrons. The maximum atomic E-state index is 12.4. The van der Waals surface area contributed by atoms with Crippen LogP contribution in [-0.2, 0) is 4.79 Å². The Morgan fingerprint density at radius 1 is 1.33 bits per heavy atom. The smallest absolute Gasteiger partial charge is 0.299 e. The van der Waals surface area contributed by atoms with Crippen molar-refractivity contribution in [3.8, 4) is 0 Å². The van der Waals surface area contributed by atoms with Crippen LogP contribution in [0.3, 0.4) is 0 Å². The Bertz CT molecular complexity index is 715. The molecular weight excluding hydrogens is 266 g/mol. The molecule has 0 saturated carbocycles. The molecule has 1 atom stereocenters. The van der Waals surface area contributed by atoms with E-state index in [4.69, 9.17) is 0 Å². The van der Waals surface area contributed by atoms with Gasteiger partial charge in [0.05, 0.1) is 11.3 Å². The maximum absolute atomic E-state index is 12.4. The molecule has 0 bridgehead atoms. The second-order valence-electron chi connectivity index (χ2n) is 6.81. The van der Waals surface area contributed by atoms with Gasteiger partial charge >= 0.3 is 0 Å². The average molecular weight is 285 g/mol. The Hall–Kier alpha value is -1.97. The van der Waals surface area contributed by atoms with Gasteiger partial charge in [-0.2, -0.15) is 0 Å². The lowest BCUT2D eigenvalue weighted by atomic mass is 9.78. The molecule has 3 rings (SSSR count). The zero-order valence-electron chi connectivity index (χ0n) is 13.0. The summed E-state index contributed by atoms with van der Waals surface area (Å²) in [5.74, 6) is -0.800. The molecule has 2 heterocycles. The van der Waals surface area contributed by atoms with Crippen LogP contribution in [0, 0.1) is 6.92 Å². The van der Waals surface area contributed by atoms with E-state index in [9.17, 15) is 14.4 Å². The Morgan fingerprint density at radius 3 is 2.52 bits per heavy atom. The lowest BCUT2D eigenvalue weighted by molar-refractivity contribution is -0.115. The van der Waals surface area contributed by atoms with Crippen LogP contribution < -0.4 is 4.90 Å². The number of anilines is 1. The van der Waals surface area contributed by atoms with Crippen molar-refractivity contribution in [2.45, 2.75) is 52.5 Å². The van der Waals surface area contributed by atoms with Crippen molar-refractivity contribution >= 4 is 23.2 Å². The molecule has 0 spiro atoms. The van der Waals surface area contributed by atoms with E-state index in [0.717, 1.165) is 17.7 Å². The average Bonchev–Trinajstić information content (AvgIpc) is 2.61. The molecule has 0 fully saturated rings. The fourth-order valence-electron chi connectivity index (χ4n) is 3.89. The molecule has 0 aliphatic carbocycles. The Labute approximate surface area is 124 Å². The molecule has 0 aromatic heterocycles. The number of hydrogen-bond donors (Lipinski definition) is 0. The highest BCUT2D eigenvalue weighted by Gasteiger charge is 2.50. The fourth-order valence-corrected chi connectivity index (χ4v) is 3.89. The van der Waals surface area contributed by atoms with Crippen molar-refractivity contribution in [2.24, 2.45) is 0 Å². The van der Waals surface area contributed by atoms with Crippen molar-refractivity contribution in [3.63, 3.8) is 0 Å². The number of carbonyl (C=O) groups is 3. The first-order chi connectivity index (χ1) is 9.66. The molecule has 4 nitrogen and oxygen atoms in total. The molecule has 0 saturated heterocycles. The fraction of sp³-hybridized carbons (Fsp3) is 0.471. The van der Waals surface area contributed by atoms with Crippen LogP contribution in [0.2, 0.25) is 0 Å². The van der Waals surface area contributed by atoms with Crippen molar-refractivity contribution < 1.29 is 14.4 Å². The van der Waals surface area contributed by atoms with Gasteiger partial charge < -0.3 is 0 Å². The van der Waals surface area contributed by atoms with E-state index in [0.29, 0.717) is 16.7 Å². The van der Waals surface area contributed by atoms with E-state index >= 15 is 0 Å². The summed E-state index contributed by atoms with van der Waals surface area (Å²) in [6.07, 6.45) is 0.777. The Kier molecular flexibility index (Phi) is 2.68. The lowest BCUT2D eigenvalue weighted by Gasteiger charge is -2.43. The van der Waals surface area contributed by atoms with E-state index in [-0.39, 0.29) is 17.2 Å². The summed E-state index contributed by atoms with van der Waals surface area (Å²) >= 11 is 0. The van der Waals surface area contributed by atoms with Crippen LogP contribution in [-0.4, -0.2) is 23.0 Å². The van der Waals surface area contributed by atoms with E-state index in [1.54, 1.807) is 11.8 Å². The van der Waals surface area contributed by atoms with Crippen molar-refractivity contribution in [3.05, 3.63) is 28.3 Å². The summed E-state index contributed by atoms with van der Waals surface area (Å²) in [7, 11) is 0. The van der Waals surface area contributed by atoms with Gasteiger partial charge in [0.25, 0.3) is 11.7 Å². The van der Waals surface area contributed by atoms with Crippen LogP contribution in [0.25, 0.3) is 0 Å². The summed E-state index contributed by atoms with van der Waals surface area (Å²) < 4.78 is 0. The van der Waals surface area contributed by atoms with Crippen LogP contribution in [0.15, 0.2) is 6.07 Å². The van der Waals surface area contributed by atoms with Gasteiger partial charge in [-0.05, 0) is 57.2 Å². The number of amides is 1. The zero-order valence-corrected chi connectivity index (χ0v) is 13.0. The van der Waals surface area contributed by atoms with Crippen LogP contribution in [0.4, 0.5) is 5.69 Å². The SMILES string of the molecule is CC(=O)c1cc2c3c(c1C)C(=O)C(=O)N3C(C)(C)C[C@H]2C. The van der Waals surface area contributed by atoms with Gasteiger partial charge in [0, 0.05) is 11.1 Å². The molecule has 2 aliphatic heterocycles. The third-order valence-corrected chi connectivity index (χ3v) is 4.76. The van der Waals surface area contributed by atoms with Gasteiger partial charge in [-0.15, -0.1) is 0 Å². The van der Waals surface area contributed by atoms with Gasteiger partial charge in [-0.25, -0.2) is 0 Å². The quantitative estimate of drug-likeness (QED) is 0.588. The van der Waals surface area contributed by atoms with E-state index in [1.807, 2.05) is 19.9 Å². The monoisotopic (exact) mass is 285 g/mol. The number of carbonyl (C=O) groups excluding carboxylic acids is 3. The predicted molar refractivity (Wildman–Crippen MR) is 80.1 cm³/mol. The highest BCUT2D eigenvalue weighted by molar-refractivity contribution is 6.53. The summed E-state index contributed by atoms with van der Waals surface area (Å²) in [5, 5.41) is 0. The van der Waals surface area contributed by atoms with Crippen LogP contribution >= 0.6 is 0 Å². The molecule has 1 aromatic carbocycles. The minimum Gasteiger partial charge on any atom is -0.299 e. The van der Waals surface area contributed by atoms with Gasteiger partial charge in [0.1, 0.15) is 0 Å². The first kappa shape index (κ1) is 14.0. The second kappa shape index (κ2) is 4.03. The van der Waals surface area contributed by atoms with Gasteiger partial charge in [-0.1, -0.05) is 6.92 Å². The molecule has 1 amide bonds. The molecule has 0 radical (unpaired) electrons. The maximum Gasteiger partial charge on any atom is 0.299 e. The van der Waals surface area contributed by atoms with Crippen molar-refractivity contribution in [1.29, 1.82) is 0 Å². The Balaban J connectivity index is 2.42. The molecule has 0 N–H and O–H groups in total. The normalized spacial score (nSPS) is 22.5. The van der Waals surface area contributed by atoms with Gasteiger partial charge in [0.2, 0.25) is 0 Å². The second-order valence-corrected chi connectivity index (χ2v) is 6.81. The molecule has 21 heavy (non-hydrogen) atoms. The molecule has 1 aromatic rings. The first-order valence-electron chi connectivity index (χ1n) is 7.24. The summed E-state index contributed by atoms with van der Waals surface area (Å²) in [6, 6.07) is 1.87. The zero-order chi connectivity index (χ0) is 15.7. The summed E-state index contributed by atoms with van der Waals surface area (Å²) in [6.45, 7) is 9.31. The number of nitrogens with zero attached hydrogens (tertiary/aromatic N) is 1. The summed E-state index contributed by atoms with van der Waals surface area (Å²) in [5.41, 5.74) is 2.91. The predicted octanol–water partition coefficient (Wildman–Crippen LogP) is 3.01.